The summed E-state index contributed by atoms with van der Waals surface area (Å²) in [4.78, 5) is 6.99. The second-order valence-corrected chi connectivity index (χ2v) is 7.15. The Labute approximate surface area is 171 Å². The normalized spacial score (nSPS) is 26.2. The van der Waals surface area contributed by atoms with Crippen LogP contribution in [0.25, 0.3) is 0 Å². The Kier molecular flexibility index (Phi) is 8.06. The van der Waals surface area contributed by atoms with Crippen LogP contribution in [0.1, 0.15) is 44.6 Å². The van der Waals surface area contributed by atoms with Gasteiger partial charge < -0.3 is 15.5 Å². The van der Waals surface area contributed by atoms with Gasteiger partial charge in [0.05, 0.1) is 6.54 Å². The second-order valence-electron chi connectivity index (χ2n) is 7.15. The third-order valence-corrected chi connectivity index (χ3v) is 5.44. The molecule has 2 fully saturated rings. The van der Waals surface area contributed by atoms with Crippen LogP contribution in [0.4, 0.5) is 8.78 Å². The lowest BCUT2D eigenvalue weighted by Gasteiger charge is -2.47. The zero-order valence-electron chi connectivity index (χ0n) is 15.5. The van der Waals surface area contributed by atoms with E-state index in [0.29, 0.717) is 24.1 Å². The van der Waals surface area contributed by atoms with Crippen molar-refractivity contribution in [1.82, 2.24) is 15.5 Å². The van der Waals surface area contributed by atoms with E-state index < -0.39 is 11.6 Å². The van der Waals surface area contributed by atoms with Crippen molar-refractivity contribution in [3.05, 3.63) is 35.4 Å². The van der Waals surface area contributed by atoms with Crippen LogP contribution in [0.3, 0.4) is 0 Å². The average molecular weight is 478 g/mol. The molecule has 2 saturated heterocycles. The molecule has 26 heavy (non-hydrogen) atoms. The minimum absolute atomic E-state index is 0. The molecule has 0 aromatic heterocycles. The van der Waals surface area contributed by atoms with Crippen LogP contribution in [-0.2, 0) is 6.54 Å². The van der Waals surface area contributed by atoms with Crippen molar-refractivity contribution < 1.29 is 8.78 Å². The Morgan fingerprint density at radius 3 is 2.58 bits per heavy atom. The minimum Gasteiger partial charge on any atom is -0.357 e. The van der Waals surface area contributed by atoms with Gasteiger partial charge in [-0.05, 0) is 57.9 Å². The number of nitrogens with zero attached hydrogens (tertiary/aromatic N) is 2. The van der Waals surface area contributed by atoms with Crippen LogP contribution in [-0.4, -0.2) is 42.6 Å². The molecule has 7 heteroatoms. The zero-order chi connectivity index (χ0) is 17.8. The summed E-state index contributed by atoms with van der Waals surface area (Å²) < 4.78 is 27.1. The number of aliphatic imine (C=N–C) groups is 1. The van der Waals surface area contributed by atoms with Gasteiger partial charge >= 0.3 is 0 Å². The van der Waals surface area contributed by atoms with Gasteiger partial charge in [-0.2, -0.15) is 0 Å². The Hall–Kier alpha value is -0.960. The molecular weight excluding hydrogens is 449 g/mol. The summed E-state index contributed by atoms with van der Waals surface area (Å²) in [5.41, 5.74) is 0.275. The number of fused-ring (bicyclic) bond motifs is 2. The molecule has 1 aromatic rings. The number of halogens is 3. The molecule has 146 valence electrons. The van der Waals surface area contributed by atoms with Crippen LogP contribution in [0.2, 0.25) is 0 Å². The van der Waals surface area contributed by atoms with Crippen LogP contribution >= 0.6 is 24.0 Å². The lowest BCUT2D eigenvalue weighted by molar-refractivity contribution is 0.0526. The van der Waals surface area contributed by atoms with Crippen molar-refractivity contribution in [2.24, 2.45) is 4.99 Å². The Morgan fingerprint density at radius 2 is 1.92 bits per heavy atom. The zero-order valence-corrected chi connectivity index (χ0v) is 17.8. The highest BCUT2D eigenvalue weighted by atomic mass is 127. The molecule has 0 radical (unpaired) electrons. The van der Waals surface area contributed by atoms with E-state index in [1.165, 1.54) is 25.3 Å². The van der Waals surface area contributed by atoms with E-state index in [1.54, 1.807) is 0 Å². The molecular formula is C19H29F2IN4. The van der Waals surface area contributed by atoms with Gasteiger partial charge in [0.2, 0.25) is 0 Å². The molecule has 4 nitrogen and oxygen atoms in total. The molecule has 2 aliphatic rings. The first-order valence-electron chi connectivity index (χ1n) is 9.27. The second kappa shape index (κ2) is 9.82. The number of nitrogens with one attached hydrogen (secondary N) is 2. The number of piperidine rings is 2. The number of hydrogen-bond donors (Lipinski definition) is 2. The maximum Gasteiger partial charge on any atom is 0.191 e. The van der Waals surface area contributed by atoms with Gasteiger partial charge in [0.1, 0.15) is 11.6 Å². The van der Waals surface area contributed by atoms with Gasteiger partial charge in [-0.3, -0.25) is 0 Å². The quantitative estimate of drug-likeness (QED) is 0.395. The molecule has 2 heterocycles. The van der Waals surface area contributed by atoms with E-state index in [2.05, 4.69) is 27.6 Å². The van der Waals surface area contributed by atoms with Crippen molar-refractivity contribution in [3.63, 3.8) is 0 Å². The van der Waals surface area contributed by atoms with Gasteiger partial charge in [-0.1, -0.05) is 6.42 Å². The van der Waals surface area contributed by atoms with Crippen LogP contribution < -0.4 is 10.6 Å². The fourth-order valence-corrected chi connectivity index (χ4v) is 4.08. The van der Waals surface area contributed by atoms with E-state index in [-0.39, 0.29) is 36.1 Å². The standard InChI is InChI=1S/C19H28F2N4.HI/c1-3-22-19(23-12-13-9-14(20)7-8-18(13)21)24-15-10-16-5-4-6-17(11-15)25(16)2;/h7-9,15-17H,3-6,10-12H2,1-2H3,(H2,22,23,24);1H. The Bertz CT molecular complexity index is 612. The highest BCUT2D eigenvalue weighted by molar-refractivity contribution is 14.0. The van der Waals surface area contributed by atoms with E-state index >= 15 is 0 Å². The molecule has 0 saturated carbocycles. The van der Waals surface area contributed by atoms with Crippen molar-refractivity contribution in [3.8, 4) is 0 Å². The largest absolute Gasteiger partial charge is 0.357 e. The van der Waals surface area contributed by atoms with E-state index in [1.807, 2.05) is 6.92 Å². The molecule has 1 aromatic carbocycles. The smallest absolute Gasteiger partial charge is 0.191 e. The lowest BCUT2D eigenvalue weighted by atomic mass is 9.82. The lowest BCUT2D eigenvalue weighted by Crippen LogP contribution is -2.56. The van der Waals surface area contributed by atoms with E-state index in [9.17, 15) is 8.78 Å². The minimum atomic E-state index is -0.437. The van der Waals surface area contributed by atoms with Crippen LogP contribution in [0.5, 0.6) is 0 Å². The van der Waals surface area contributed by atoms with Crippen LogP contribution in [0.15, 0.2) is 23.2 Å². The van der Waals surface area contributed by atoms with E-state index in [4.69, 9.17) is 0 Å². The molecule has 0 spiro atoms. The van der Waals surface area contributed by atoms with Gasteiger partial charge in [-0.15, -0.1) is 24.0 Å². The van der Waals surface area contributed by atoms with Gasteiger partial charge in [-0.25, -0.2) is 13.8 Å². The first-order chi connectivity index (χ1) is 12.1. The fraction of sp³-hybridized carbons (Fsp3) is 0.632. The first-order valence-corrected chi connectivity index (χ1v) is 9.27. The number of benzene rings is 1. The molecule has 0 amide bonds. The summed E-state index contributed by atoms with van der Waals surface area (Å²) >= 11 is 0. The highest BCUT2D eigenvalue weighted by Crippen LogP contribution is 2.32. The van der Waals surface area contributed by atoms with Gasteiger partial charge in [0.15, 0.2) is 5.96 Å². The molecule has 0 aliphatic carbocycles. The van der Waals surface area contributed by atoms with Crippen molar-refractivity contribution in [2.75, 3.05) is 13.6 Å². The Balaban J connectivity index is 0.00000243. The van der Waals surface area contributed by atoms with Gasteiger partial charge in [0.25, 0.3) is 0 Å². The molecule has 2 atom stereocenters. The monoisotopic (exact) mass is 478 g/mol. The topological polar surface area (TPSA) is 39.7 Å². The van der Waals surface area contributed by atoms with Crippen molar-refractivity contribution in [1.29, 1.82) is 0 Å². The summed E-state index contributed by atoms with van der Waals surface area (Å²) in [5, 5.41) is 6.73. The summed E-state index contributed by atoms with van der Waals surface area (Å²) in [6, 6.07) is 5.13. The fourth-order valence-electron chi connectivity index (χ4n) is 4.08. The maximum absolute atomic E-state index is 13.8. The summed E-state index contributed by atoms with van der Waals surface area (Å²) in [6.45, 7) is 2.86. The number of rotatable bonds is 4. The predicted molar refractivity (Wildman–Crippen MR) is 112 cm³/mol. The molecule has 2 bridgehead atoms. The van der Waals surface area contributed by atoms with Crippen LogP contribution in [0, 0.1) is 11.6 Å². The molecule has 3 rings (SSSR count). The van der Waals surface area contributed by atoms with Crippen molar-refractivity contribution in [2.45, 2.75) is 63.7 Å². The summed E-state index contributed by atoms with van der Waals surface area (Å²) in [5.74, 6) is -0.179. The third-order valence-electron chi connectivity index (χ3n) is 5.44. The Morgan fingerprint density at radius 1 is 1.23 bits per heavy atom. The SMILES string of the molecule is CCNC(=NCc1cc(F)ccc1F)NC1CC2CCCC(C1)N2C.I. The summed E-state index contributed by atoms with van der Waals surface area (Å²) in [6.07, 6.45) is 6.04. The molecule has 2 N–H and O–H groups in total. The van der Waals surface area contributed by atoms with Gasteiger partial charge in [0, 0.05) is 30.2 Å². The van der Waals surface area contributed by atoms with Crippen molar-refractivity contribution >= 4 is 29.9 Å². The van der Waals surface area contributed by atoms with E-state index in [0.717, 1.165) is 31.5 Å². The summed E-state index contributed by atoms with van der Waals surface area (Å²) in [7, 11) is 2.23. The average Bonchev–Trinajstić information content (AvgIpc) is 2.56. The number of guanidine groups is 1. The highest BCUT2D eigenvalue weighted by Gasteiger charge is 2.36. The third kappa shape index (κ3) is 5.28. The number of hydrogen-bond acceptors (Lipinski definition) is 2. The molecule has 2 unspecified atom stereocenters. The first kappa shape index (κ1) is 21.3. The predicted octanol–water partition coefficient (Wildman–Crippen LogP) is 3.65. The maximum atomic E-state index is 13.8. The molecule has 2 aliphatic heterocycles.